The molecule has 0 atom stereocenters. The largest absolute Gasteiger partial charge is 0.369 e. The number of hydrogen-bond donors (Lipinski definition) is 1. The second-order valence-electron chi connectivity index (χ2n) is 7.72. The number of thiophene rings is 1. The van der Waals surface area contributed by atoms with Crippen LogP contribution in [0.25, 0.3) is 21.3 Å². The molecule has 164 valence electrons. The molecule has 4 aromatic rings. The summed E-state index contributed by atoms with van der Waals surface area (Å²) in [7, 11) is 0. The smallest absolute Gasteiger partial charge is 0.225 e. The van der Waals surface area contributed by atoms with E-state index in [0.29, 0.717) is 0 Å². The van der Waals surface area contributed by atoms with Crippen LogP contribution in [0.3, 0.4) is 0 Å². The van der Waals surface area contributed by atoms with Crippen LogP contribution in [0.2, 0.25) is 5.02 Å². The number of fused-ring (bicyclic) bond motifs is 1. The molecule has 7 nitrogen and oxygen atoms in total. The Morgan fingerprint density at radius 1 is 0.969 bits per heavy atom. The van der Waals surface area contributed by atoms with Gasteiger partial charge in [-0.2, -0.15) is 0 Å². The van der Waals surface area contributed by atoms with Crippen molar-refractivity contribution in [3.05, 3.63) is 59.5 Å². The first kappa shape index (κ1) is 21.1. The number of anilines is 2. The SMILES string of the molecule is Clc1ccc(-c2csc3ncnc(NCCCN4CCN(c5ncccn5)CC4)c23)cc1. The summed E-state index contributed by atoms with van der Waals surface area (Å²) in [6.45, 7) is 5.90. The molecule has 1 fully saturated rings. The average molecular weight is 466 g/mol. The number of hydrogen-bond acceptors (Lipinski definition) is 8. The molecule has 0 unspecified atom stereocenters. The summed E-state index contributed by atoms with van der Waals surface area (Å²) in [4.78, 5) is 23.5. The second-order valence-corrected chi connectivity index (χ2v) is 9.01. The van der Waals surface area contributed by atoms with Crippen LogP contribution in [-0.2, 0) is 0 Å². The number of rotatable bonds is 7. The van der Waals surface area contributed by atoms with Crippen LogP contribution in [0.5, 0.6) is 0 Å². The van der Waals surface area contributed by atoms with Gasteiger partial charge < -0.3 is 10.2 Å². The van der Waals surface area contributed by atoms with Gasteiger partial charge in [0.1, 0.15) is 17.0 Å². The zero-order valence-electron chi connectivity index (χ0n) is 17.6. The van der Waals surface area contributed by atoms with Crippen LogP contribution in [0, 0.1) is 0 Å². The van der Waals surface area contributed by atoms with Crippen molar-refractivity contribution in [1.82, 2.24) is 24.8 Å². The molecule has 3 aromatic heterocycles. The molecule has 1 N–H and O–H groups in total. The van der Waals surface area contributed by atoms with Gasteiger partial charge in [-0.05, 0) is 36.7 Å². The van der Waals surface area contributed by atoms with Gasteiger partial charge in [-0.15, -0.1) is 11.3 Å². The molecule has 32 heavy (non-hydrogen) atoms. The van der Waals surface area contributed by atoms with E-state index in [1.54, 1.807) is 30.1 Å². The minimum atomic E-state index is 0.736. The lowest BCUT2D eigenvalue weighted by Crippen LogP contribution is -2.47. The number of aromatic nitrogens is 4. The summed E-state index contributed by atoms with van der Waals surface area (Å²) in [6, 6.07) is 9.77. The molecule has 0 saturated carbocycles. The Morgan fingerprint density at radius 3 is 2.53 bits per heavy atom. The standard InChI is InChI=1S/C23H24ClN7S/c24-18-5-3-17(4-6-18)19-15-32-22-20(19)21(28-16-29-22)25-9-2-10-30-11-13-31(14-12-30)23-26-7-1-8-27-23/h1,3-8,15-16H,2,9-14H2,(H,25,28,29). The van der Waals surface area contributed by atoms with Gasteiger partial charge in [0.05, 0.1) is 5.39 Å². The van der Waals surface area contributed by atoms with Crippen LogP contribution < -0.4 is 10.2 Å². The molecule has 0 radical (unpaired) electrons. The third-order valence-electron chi connectivity index (χ3n) is 5.68. The highest BCUT2D eigenvalue weighted by atomic mass is 35.5. The highest BCUT2D eigenvalue weighted by molar-refractivity contribution is 7.17. The van der Waals surface area contributed by atoms with Gasteiger partial charge in [0.15, 0.2) is 0 Å². The first-order chi connectivity index (χ1) is 15.8. The van der Waals surface area contributed by atoms with E-state index < -0.39 is 0 Å². The number of nitrogens with zero attached hydrogens (tertiary/aromatic N) is 6. The van der Waals surface area contributed by atoms with E-state index in [1.165, 1.54) is 0 Å². The molecule has 1 aliphatic heterocycles. The van der Waals surface area contributed by atoms with Gasteiger partial charge in [-0.3, -0.25) is 4.90 Å². The summed E-state index contributed by atoms with van der Waals surface area (Å²) in [5.41, 5.74) is 2.27. The Hall–Kier alpha value is -2.81. The molecule has 0 bridgehead atoms. The number of halogens is 1. The maximum Gasteiger partial charge on any atom is 0.225 e. The first-order valence-corrected chi connectivity index (χ1v) is 12.0. The zero-order chi connectivity index (χ0) is 21.8. The highest BCUT2D eigenvalue weighted by Gasteiger charge is 2.18. The molecule has 5 rings (SSSR count). The summed E-state index contributed by atoms with van der Waals surface area (Å²) >= 11 is 7.70. The Balaban J connectivity index is 1.17. The molecule has 0 spiro atoms. The fourth-order valence-electron chi connectivity index (χ4n) is 3.99. The third kappa shape index (κ3) is 4.67. The summed E-state index contributed by atoms with van der Waals surface area (Å²) in [5, 5.41) is 7.50. The molecular formula is C23H24ClN7S. The van der Waals surface area contributed by atoms with Gasteiger partial charge in [0.2, 0.25) is 5.95 Å². The third-order valence-corrected chi connectivity index (χ3v) is 6.81. The van der Waals surface area contributed by atoms with E-state index in [2.05, 4.69) is 40.4 Å². The highest BCUT2D eigenvalue weighted by Crippen LogP contribution is 2.36. The predicted octanol–water partition coefficient (Wildman–Crippen LogP) is 4.43. The maximum atomic E-state index is 6.06. The van der Waals surface area contributed by atoms with E-state index in [0.717, 1.165) is 83.8 Å². The van der Waals surface area contributed by atoms with E-state index in [4.69, 9.17) is 11.6 Å². The molecular weight excluding hydrogens is 442 g/mol. The van der Waals surface area contributed by atoms with Gasteiger partial charge in [0, 0.05) is 61.1 Å². The Labute approximate surface area is 196 Å². The molecule has 1 aromatic carbocycles. The molecule has 1 aliphatic rings. The van der Waals surface area contributed by atoms with Crippen molar-refractivity contribution < 1.29 is 0 Å². The van der Waals surface area contributed by atoms with Crippen LogP contribution >= 0.6 is 22.9 Å². The van der Waals surface area contributed by atoms with Crippen molar-refractivity contribution >= 4 is 44.9 Å². The van der Waals surface area contributed by atoms with Crippen molar-refractivity contribution in [1.29, 1.82) is 0 Å². The molecule has 0 aliphatic carbocycles. The Kier molecular flexibility index (Phi) is 6.43. The van der Waals surface area contributed by atoms with E-state index in [9.17, 15) is 0 Å². The van der Waals surface area contributed by atoms with Gasteiger partial charge in [-0.25, -0.2) is 19.9 Å². The minimum Gasteiger partial charge on any atom is -0.369 e. The van der Waals surface area contributed by atoms with Crippen LogP contribution in [0.4, 0.5) is 11.8 Å². The van der Waals surface area contributed by atoms with Crippen molar-refractivity contribution in [3.63, 3.8) is 0 Å². The maximum absolute atomic E-state index is 6.06. The molecule has 9 heteroatoms. The number of piperazine rings is 1. The van der Waals surface area contributed by atoms with Crippen LogP contribution in [-0.4, -0.2) is 64.1 Å². The van der Waals surface area contributed by atoms with Crippen molar-refractivity contribution in [2.45, 2.75) is 6.42 Å². The quantitative estimate of drug-likeness (QED) is 0.405. The van der Waals surface area contributed by atoms with Crippen LogP contribution in [0.15, 0.2) is 54.4 Å². The van der Waals surface area contributed by atoms with E-state index >= 15 is 0 Å². The van der Waals surface area contributed by atoms with Crippen molar-refractivity contribution in [2.24, 2.45) is 0 Å². The lowest BCUT2D eigenvalue weighted by molar-refractivity contribution is 0.256. The minimum absolute atomic E-state index is 0.736. The first-order valence-electron chi connectivity index (χ1n) is 10.7. The zero-order valence-corrected chi connectivity index (χ0v) is 19.2. The topological polar surface area (TPSA) is 70.1 Å². The fraction of sp³-hybridized carbons (Fsp3) is 0.304. The summed E-state index contributed by atoms with van der Waals surface area (Å²) in [5.74, 6) is 1.72. The average Bonchev–Trinajstić information content (AvgIpc) is 3.28. The Bertz CT molecular complexity index is 1160. The lowest BCUT2D eigenvalue weighted by atomic mass is 10.1. The van der Waals surface area contributed by atoms with E-state index in [1.807, 2.05) is 30.3 Å². The van der Waals surface area contributed by atoms with E-state index in [-0.39, 0.29) is 0 Å². The normalized spacial score (nSPS) is 14.7. The summed E-state index contributed by atoms with van der Waals surface area (Å²) < 4.78 is 0. The van der Waals surface area contributed by atoms with Crippen molar-refractivity contribution in [3.8, 4) is 11.1 Å². The van der Waals surface area contributed by atoms with Gasteiger partial charge in [-0.1, -0.05) is 23.7 Å². The number of benzene rings is 1. The summed E-state index contributed by atoms with van der Waals surface area (Å²) in [6.07, 6.45) is 6.29. The predicted molar refractivity (Wildman–Crippen MR) is 132 cm³/mol. The fourth-order valence-corrected chi connectivity index (χ4v) is 5.03. The molecule has 4 heterocycles. The molecule has 1 saturated heterocycles. The molecule has 0 amide bonds. The monoisotopic (exact) mass is 465 g/mol. The lowest BCUT2D eigenvalue weighted by Gasteiger charge is -2.34. The van der Waals surface area contributed by atoms with Crippen molar-refractivity contribution in [2.75, 3.05) is 49.5 Å². The van der Waals surface area contributed by atoms with Crippen LogP contribution in [0.1, 0.15) is 6.42 Å². The van der Waals surface area contributed by atoms with Gasteiger partial charge >= 0.3 is 0 Å². The Morgan fingerprint density at radius 2 is 1.75 bits per heavy atom. The second kappa shape index (κ2) is 9.77. The number of nitrogens with one attached hydrogen (secondary N) is 1. The van der Waals surface area contributed by atoms with Gasteiger partial charge in [0.25, 0.3) is 0 Å².